The lowest BCUT2D eigenvalue weighted by Crippen LogP contribution is -2.28. The number of carbonyl (C=O) groups excluding carboxylic acids is 2. The molecule has 0 saturated carbocycles. The highest BCUT2D eigenvalue weighted by Crippen LogP contribution is 2.34. The predicted molar refractivity (Wildman–Crippen MR) is 103 cm³/mol. The van der Waals surface area contributed by atoms with E-state index >= 15 is 0 Å². The Bertz CT molecular complexity index is 991. The minimum atomic E-state index is -0.294. The first-order valence-electron chi connectivity index (χ1n) is 7.92. The van der Waals surface area contributed by atoms with Crippen LogP contribution in [-0.2, 0) is 11.3 Å². The average molecular weight is 382 g/mol. The molecular weight excluding hydrogens is 368 g/mol. The molecule has 1 aliphatic rings. The highest BCUT2D eigenvalue weighted by Gasteiger charge is 2.36. The van der Waals surface area contributed by atoms with E-state index in [4.69, 9.17) is 4.42 Å². The summed E-state index contributed by atoms with van der Waals surface area (Å²) in [7, 11) is 0. The molecule has 3 heterocycles. The molecule has 0 aliphatic carbocycles. The van der Waals surface area contributed by atoms with Crippen LogP contribution in [0.1, 0.15) is 16.3 Å². The van der Waals surface area contributed by atoms with Crippen molar-refractivity contribution in [2.45, 2.75) is 13.5 Å². The van der Waals surface area contributed by atoms with Crippen LogP contribution in [0, 0.1) is 6.92 Å². The van der Waals surface area contributed by atoms with Gasteiger partial charge in [-0.25, -0.2) is 4.98 Å². The van der Waals surface area contributed by atoms with Gasteiger partial charge in [-0.1, -0.05) is 24.3 Å². The number of hydrogen-bond acceptors (Lipinski definition) is 6. The number of thioether (sulfide) groups is 1. The molecule has 0 bridgehead atoms. The summed E-state index contributed by atoms with van der Waals surface area (Å²) in [5, 5.41) is 1.64. The highest BCUT2D eigenvalue weighted by molar-refractivity contribution is 8.18. The summed E-state index contributed by atoms with van der Waals surface area (Å²) in [5.74, 6) is 0.793. The molecule has 0 radical (unpaired) electrons. The van der Waals surface area contributed by atoms with Crippen molar-refractivity contribution < 1.29 is 14.0 Å². The number of aromatic nitrogens is 1. The minimum absolute atomic E-state index is 0.106. The molecule has 0 unspecified atom stereocenters. The molecule has 7 heteroatoms. The van der Waals surface area contributed by atoms with E-state index in [1.165, 1.54) is 16.2 Å². The molecule has 0 spiro atoms. The number of oxazole rings is 1. The molecule has 4 rings (SSSR count). The van der Waals surface area contributed by atoms with Crippen molar-refractivity contribution in [3.8, 4) is 11.5 Å². The third-order valence-corrected chi connectivity index (χ3v) is 5.64. The fraction of sp³-hybridized carbons (Fsp3) is 0.105. The molecule has 1 aliphatic heterocycles. The van der Waals surface area contributed by atoms with Crippen LogP contribution < -0.4 is 0 Å². The SMILES string of the molecule is Cc1oc(-c2ccccc2)nc1CN1C(=O)S/C(=C\c2cccs2)C1=O. The van der Waals surface area contributed by atoms with Crippen molar-refractivity contribution >= 4 is 40.3 Å². The van der Waals surface area contributed by atoms with Gasteiger partial charge in [0.05, 0.1) is 11.4 Å². The number of carbonyl (C=O) groups is 2. The lowest BCUT2D eigenvalue weighted by atomic mass is 10.2. The van der Waals surface area contributed by atoms with E-state index in [9.17, 15) is 9.59 Å². The summed E-state index contributed by atoms with van der Waals surface area (Å²) < 4.78 is 5.71. The number of imide groups is 1. The van der Waals surface area contributed by atoms with Crippen LogP contribution in [0.5, 0.6) is 0 Å². The summed E-state index contributed by atoms with van der Waals surface area (Å²) >= 11 is 2.48. The Labute approximate surface area is 158 Å². The van der Waals surface area contributed by atoms with Gasteiger partial charge in [0.2, 0.25) is 5.89 Å². The van der Waals surface area contributed by atoms with Crippen LogP contribution in [0.3, 0.4) is 0 Å². The number of nitrogens with zero attached hydrogens (tertiary/aromatic N) is 2. The number of hydrogen-bond donors (Lipinski definition) is 0. The Morgan fingerprint density at radius 1 is 1.15 bits per heavy atom. The van der Waals surface area contributed by atoms with Gasteiger partial charge >= 0.3 is 0 Å². The number of thiophene rings is 1. The van der Waals surface area contributed by atoms with E-state index in [1.54, 1.807) is 13.0 Å². The molecule has 5 nitrogen and oxygen atoms in total. The van der Waals surface area contributed by atoms with Crippen LogP contribution in [0.2, 0.25) is 0 Å². The molecule has 0 N–H and O–H groups in total. The van der Waals surface area contributed by atoms with Gasteiger partial charge in [-0.2, -0.15) is 0 Å². The molecule has 1 fully saturated rings. The number of rotatable bonds is 4. The third kappa shape index (κ3) is 3.23. The quantitative estimate of drug-likeness (QED) is 0.598. The zero-order chi connectivity index (χ0) is 18.1. The normalized spacial score (nSPS) is 16.0. The van der Waals surface area contributed by atoms with Crippen LogP contribution in [0.15, 0.2) is 57.2 Å². The summed E-state index contributed by atoms with van der Waals surface area (Å²) in [5.41, 5.74) is 1.44. The van der Waals surface area contributed by atoms with Crippen LogP contribution in [0.25, 0.3) is 17.5 Å². The van der Waals surface area contributed by atoms with Crippen LogP contribution in [-0.4, -0.2) is 21.0 Å². The Hall–Kier alpha value is -2.64. The monoisotopic (exact) mass is 382 g/mol. The van der Waals surface area contributed by atoms with Crippen molar-refractivity contribution in [1.82, 2.24) is 9.88 Å². The zero-order valence-electron chi connectivity index (χ0n) is 13.8. The second-order valence-electron chi connectivity index (χ2n) is 5.67. The van der Waals surface area contributed by atoms with E-state index in [0.717, 1.165) is 22.2 Å². The molecule has 0 atom stereocenters. The van der Waals surface area contributed by atoms with E-state index in [0.29, 0.717) is 22.3 Å². The van der Waals surface area contributed by atoms with Gasteiger partial charge in [-0.3, -0.25) is 14.5 Å². The summed E-state index contributed by atoms with van der Waals surface area (Å²) in [6, 6.07) is 13.3. The molecular formula is C19H14N2O3S2. The van der Waals surface area contributed by atoms with Gasteiger partial charge in [0.15, 0.2) is 0 Å². The number of aryl methyl sites for hydroxylation is 1. The molecule has 3 aromatic rings. The highest BCUT2D eigenvalue weighted by atomic mass is 32.2. The Kier molecular flexibility index (Phi) is 4.48. The Morgan fingerprint density at radius 3 is 2.69 bits per heavy atom. The van der Waals surface area contributed by atoms with E-state index in [1.807, 2.05) is 47.8 Å². The predicted octanol–water partition coefficient (Wildman–Crippen LogP) is 4.95. The maximum Gasteiger partial charge on any atom is 0.293 e. The third-order valence-electron chi connectivity index (χ3n) is 3.91. The zero-order valence-corrected chi connectivity index (χ0v) is 15.5. The van der Waals surface area contributed by atoms with Gasteiger partial charge in [-0.15, -0.1) is 11.3 Å². The molecule has 1 saturated heterocycles. The summed E-state index contributed by atoms with van der Waals surface area (Å²) in [4.78, 5) is 31.9. The Morgan fingerprint density at radius 2 is 1.96 bits per heavy atom. The van der Waals surface area contributed by atoms with Gasteiger partial charge < -0.3 is 4.42 Å². The number of amides is 2. The fourth-order valence-electron chi connectivity index (χ4n) is 2.57. The first kappa shape index (κ1) is 16.8. The molecule has 26 heavy (non-hydrogen) atoms. The average Bonchev–Trinajstić information content (AvgIpc) is 3.34. The van der Waals surface area contributed by atoms with Crippen molar-refractivity contribution in [3.63, 3.8) is 0 Å². The smallest absolute Gasteiger partial charge is 0.293 e. The summed E-state index contributed by atoms with van der Waals surface area (Å²) in [6.07, 6.45) is 1.75. The van der Waals surface area contributed by atoms with Crippen molar-refractivity contribution in [2.75, 3.05) is 0 Å². The molecule has 130 valence electrons. The van der Waals surface area contributed by atoms with Gasteiger partial charge in [0.1, 0.15) is 11.5 Å². The van der Waals surface area contributed by atoms with Crippen LogP contribution in [0.4, 0.5) is 4.79 Å². The standard InChI is InChI=1S/C19H14N2O3S2/c1-12-15(20-17(24-12)13-6-3-2-4-7-13)11-21-18(22)16(26-19(21)23)10-14-8-5-9-25-14/h2-10H,11H2,1H3/b16-10-. The topological polar surface area (TPSA) is 63.4 Å². The van der Waals surface area contributed by atoms with Crippen LogP contribution >= 0.6 is 23.1 Å². The minimum Gasteiger partial charge on any atom is -0.441 e. The first-order valence-corrected chi connectivity index (χ1v) is 9.62. The van der Waals surface area contributed by atoms with E-state index < -0.39 is 0 Å². The van der Waals surface area contributed by atoms with E-state index in [-0.39, 0.29) is 17.7 Å². The van der Waals surface area contributed by atoms with Crippen molar-refractivity contribution in [1.29, 1.82) is 0 Å². The van der Waals surface area contributed by atoms with Gasteiger partial charge in [-0.05, 0) is 48.3 Å². The maximum atomic E-state index is 12.6. The lowest BCUT2D eigenvalue weighted by molar-refractivity contribution is -0.123. The largest absolute Gasteiger partial charge is 0.441 e. The number of benzene rings is 1. The van der Waals surface area contributed by atoms with Crippen molar-refractivity contribution in [2.24, 2.45) is 0 Å². The Balaban J connectivity index is 1.57. The maximum absolute atomic E-state index is 12.6. The summed E-state index contributed by atoms with van der Waals surface area (Å²) in [6.45, 7) is 1.89. The molecule has 1 aromatic carbocycles. The lowest BCUT2D eigenvalue weighted by Gasteiger charge is -2.10. The second-order valence-corrected chi connectivity index (χ2v) is 7.64. The molecule has 2 aromatic heterocycles. The first-order chi connectivity index (χ1) is 12.6. The second kappa shape index (κ2) is 6.93. The van der Waals surface area contributed by atoms with E-state index in [2.05, 4.69) is 4.98 Å². The molecule has 2 amide bonds. The fourth-order valence-corrected chi connectivity index (χ4v) is 4.13. The van der Waals surface area contributed by atoms with Crippen molar-refractivity contribution in [3.05, 3.63) is 69.1 Å². The van der Waals surface area contributed by atoms with Gasteiger partial charge in [0.25, 0.3) is 11.1 Å². The van der Waals surface area contributed by atoms with Gasteiger partial charge in [0, 0.05) is 10.4 Å².